The van der Waals surface area contributed by atoms with Gasteiger partial charge >= 0.3 is 0 Å². The fourth-order valence-electron chi connectivity index (χ4n) is 1.11. The Bertz CT molecular complexity index is 117. The molecule has 0 bridgehead atoms. The number of alkyl halides is 1. The fourth-order valence-corrected chi connectivity index (χ4v) is 1.93. The Hall–Kier alpha value is 0.650. The van der Waals surface area contributed by atoms with Gasteiger partial charge in [-0.1, -0.05) is 22.6 Å². The summed E-state index contributed by atoms with van der Waals surface area (Å²) in [4.78, 5) is 0. The summed E-state index contributed by atoms with van der Waals surface area (Å²) in [6.45, 7) is 4.94. The third-order valence-corrected chi connectivity index (χ3v) is 2.82. The monoisotopic (exact) mass is 270 g/mol. The van der Waals surface area contributed by atoms with Gasteiger partial charge < -0.3 is 9.47 Å². The normalized spacial score (nSPS) is 32.7. The minimum absolute atomic E-state index is 0.0318. The molecule has 0 spiro atoms. The van der Waals surface area contributed by atoms with Crippen molar-refractivity contribution in [2.75, 3.05) is 6.61 Å². The molecular weight excluding hydrogens is 255 g/mol. The molecule has 0 unspecified atom stereocenters. The van der Waals surface area contributed by atoms with Crippen molar-refractivity contribution in [3.63, 3.8) is 0 Å². The zero-order valence-electron chi connectivity index (χ0n) is 7.05. The fraction of sp³-hybridized carbons (Fsp3) is 1.00. The highest BCUT2D eigenvalue weighted by Crippen LogP contribution is 2.23. The highest BCUT2D eigenvalue weighted by Gasteiger charge is 2.24. The van der Waals surface area contributed by atoms with Gasteiger partial charge in [-0.15, -0.1) is 0 Å². The second kappa shape index (κ2) is 4.62. The van der Waals surface area contributed by atoms with Gasteiger partial charge in [0.2, 0.25) is 0 Å². The molecule has 66 valence electrons. The lowest BCUT2D eigenvalue weighted by atomic mass is 10.2. The van der Waals surface area contributed by atoms with Crippen molar-refractivity contribution in [3.8, 4) is 0 Å². The van der Waals surface area contributed by atoms with Gasteiger partial charge in [-0.25, -0.2) is 0 Å². The molecule has 1 aliphatic heterocycles. The van der Waals surface area contributed by atoms with Gasteiger partial charge in [-0.2, -0.15) is 0 Å². The highest BCUT2D eigenvalue weighted by molar-refractivity contribution is 14.1. The van der Waals surface area contributed by atoms with Crippen molar-refractivity contribution >= 4 is 22.6 Å². The minimum atomic E-state index is 0.0318. The van der Waals surface area contributed by atoms with Gasteiger partial charge in [-0.05, 0) is 26.7 Å². The smallest absolute Gasteiger partial charge is 0.169 e. The van der Waals surface area contributed by atoms with Gasteiger partial charge in [-0.3, -0.25) is 0 Å². The summed E-state index contributed by atoms with van der Waals surface area (Å²) in [6.07, 6.45) is 2.70. The topological polar surface area (TPSA) is 18.5 Å². The van der Waals surface area contributed by atoms with Crippen LogP contribution in [0.25, 0.3) is 0 Å². The summed E-state index contributed by atoms with van der Waals surface area (Å²) in [5.74, 6) is 0. The molecule has 0 aromatic heterocycles. The van der Waals surface area contributed by atoms with Crippen LogP contribution in [-0.4, -0.2) is 22.9 Å². The maximum atomic E-state index is 5.57. The molecule has 1 saturated heterocycles. The van der Waals surface area contributed by atoms with E-state index >= 15 is 0 Å². The van der Waals surface area contributed by atoms with Crippen molar-refractivity contribution in [2.24, 2.45) is 0 Å². The molecule has 1 heterocycles. The summed E-state index contributed by atoms with van der Waals surface area (Å²) in [7, 11) is 0. The van der Waals surface area contributed by atoms with Crippen molar-refractivity contribution < 1.29 is 9.47 Å². The summed E-state index contributed by atoms with van der Waals surface area (Å²) < 4.78 is 11.6. The van der Waals surface area contributed by atoms with E-state index in [2.05, 4.69) is 22.6 Å². The second-order valence-corrected chi connectivity index (χ2v) is 4.68. The average Bonchev–Trinajstić information content (AvgIpc) is 1.93. The summed E-state index contributed by atoms with van der Waals surface area (Å²) in [5, 5.41) is 0. The molecule has 3 heteroatoms. The third-order valence-electron chi connectivity index (χ3n) is 1.61. The van der Waals surface area contributed by atoms with Crippen LogP contribution >= 0.6 is 22.6 Å². The van der Waals surface area contributed by atoms with Crippen molar-refractivity contribution in [1.82, 2.24) is 0 Å². The van der Waals surface area contributed by atoms with Gasteiger partial charge in [0, 0.05) is 6.61 Å². The molecule has 0 aromatic carbocycles. The first-order valence-electron chi connectivity index (χ1n) is 4.11. The Labute approximate surface area is 81.8 Å². The van der Waals surface area contributed by atoms with E-state index in [0.717, 1.165) is 6.61 Å². The first-order chi connectivity index (χ1) is 5.20. The Morgan fingerprint density at radius 3 is 2.82 bits per heavy atom. The molecule has 2 nitrogen and oxygen atoms in total. The highest BCUT2D eigenvalue weighted by atomic mass is 127. The van der Waals surface area contributed by atoms with Crippen molar-refractivity contribution in [1.29, 1.82) is 0 Å². The van der Waals surface area contributed by atoms with Crippen LogP contribution in [0.2, 0.25) is 0 Å². The van der Waals surface area contributed by atoms with Crippen LogP contribution in [0, 0.1) is 0 Å². The van der Waals surface area contributed by atoms with Gasteiger partial charge in [0.25, 0.3) is 0 Å². The Morgan fingerprint density at radius 1 is 1.55 bits per heavy atom. The van der Waals surface area contributed by atoms with Gasteiger partial charge in [0.1, 0.15) is 0 Å². The molecule has 1 rings (SSSR count). The first kappa shape index (κ1) is 9.74. The van der Waals surface area contributed by atoms with Crippen molar-refractivity contribution in [2.45, 2.75) is 43.0 Å². The van der Waals surface area contributed by atoms with E-state index < -0.39 is 0 Å². The Morgan fingerprint density at radius 2 is 2.27 bits per heavy atom. The van der Waals surface area contributed by atoms with E-state index in [1.807, 2.05) is 13.8 Å². The van der Waals surface area contributed by atoms with E-state index in [4.69, 9.17) is 9.47 Å². The third kappa shape index (κ3) is 3.25. The molecular formula is C8H15IO2. The lowest BCUT2D eigenvalue weighted by Gasteiger charge is -2.29. The van der Waals surface area contributed by atoms with Crippen LogP contribution in [0.5, 0.6) is 0 Å². The quantitative estimate of drug-likeness (QED) is 0.566. The summed E-state index contributed by atoms with van der Waals surface area (Å²) in [5.41, 5.74) is 0. The maximum absolute atomic E-state index is 5.57. The van der Waals surface area contributed by atoms with E-state index in [-0.39, 0.29) is 12.4 Å². The number of ether oxygens (including phenoxy) is 2. The molecule has 1 fully saturated rings. The van der Waals surface area contributed by atoms with E-state index in [0.29, 0.717) is 3.92 Å². The van der Waals surface area contributed by atoms with E-state index in [1.54, 1.807) is 0 Å². The molecule has 2 atom stereocenters. The Kier molecular flexibility index (Phi) is 4.09. The molecule has 0 N–H and O–H groups in total. The van der Waals surface area contributed by atoms with E-state index in [1.165, 1.54) is 12.8 Å². The van der Waals surface area contributed by atoms with Crippen LogP contribution in [0.15, 0.2) is 0 Å². The predicted octanol–water partition coefficient (Wildman–Crippen LogP) is 2.35. The van der Waals surface area contributed by atoms with Gasteiger partial charge in [0.15, 0.2) is 6.29 Å². The van der Waals surface area contributed by atoms with Gasteiger partial charge in [0.05, 0.1) is 10.0 Å². The lowest BCUT2D eigenvalue weighted by molar-refractivity contribution is -0.173. The van der Waals surface area contributed by atoms with Crippen molar-refractivity contribution in [3.05, 3.63) is 0 Å². The largest absolute Gasteiger partial charge is 0.352 e. The predicted molar refractivity (Wildman–Crippen MR) is 53.0 cm³/mol. The minimum Gasteiger partial charge on any atom is -0.352 e. The van der Waals surface area contributed by atoms with Crippen LogP contribution < -0.4 is 0 Å². The van der Waals surface area contributed by atoms with Crippen LogP contribution in [0.4, 0.5) is 0 Å². The average molecular weight is 270 g/mol. The number of hydrogen-bond acceptors (Lipinski definition) is 2. The summed E-state index contributed by atoms with van der Waals surface area (Å²) in [6, 6.07) is 0. The molecule has 1 aliphatic rings. The molecule has 0 saturated carbocycles. The molecule has 0 aromatic rings. The Balaban J connectivity index is 2.29. The number of hydrogen-bond donors (Lipinski definition) is 0. The van der Waals surface area contributed by atoms with Crippen LogP contribution in [0.1, 0.15) is 26.7 Å². The molecule has 0 amide bonds. The second-order valence-electron chi connectivity index (χ2n) is 3.08. The number of halogens is 1. The van der Waals surface area contributed by atoms with Crippen LogP contribution in [0.3, 0.4) is 0 Å². The first-order valence-corrected chi connectivity index (χ1v) is 5.36. The maximum Gasteiger partial charge on any atom is 0.169 e. The molecule has 0 radical (unpaired) electrons. The zero-order chi connectivity index (χ0) is 8.27. The van der Waals surface area contributed by atoms with E-state index in [9.17, 15) is 0 Å². The molecule has 0 aliphatic carbocycles. The number of rotatable bonds is 2. The standard InChI is InChI=1S/C8H15IO2/c1-6(2)11-8-7(9)4-3-5-10-8/h6-8H,3-5H2,1-2H3/t7-,8+/m0/s1. The molecule has 11 heavy (non-hydrogen) atoms. The SMILES string of the molecule is CC(C)O[C@H]1OCCC[C@@H]1I. The zero-order valence-corrected chi connectivity index (χ0v) is 9.21. The summed E-state index contributed by atoms with van der Waals surface area (Å²) >= 11 is 2.40. The lowest BCUT2D eigenvalue weighted by Crippen LogP contribution is -2.34. The van der Waals surface area contributed by atoms with Crippen LogP contribution in [-0.2, 0) is 9.47 Å².